The molecule has 140 valence electrons. The van der Waals surface area contributed by atoms with Gasteiger partial charge in [0.15, 0.2) is 5.58 Å². The van der Waals surface area contributed by atoms with E-state index in [1.807, 2.05) is 24.3 Å². The third-order valence-electron chi connectivity index (χ3n) is 5.17. The molecule has 0 unspecified atom stereocenters. The van der Waals surface area contributed by atoms with Crippen LogP contribution in [0.5, 0.6) is 0 Å². The van der Waals surface area contributed by atoms with E-state index in [2.05, 4.69) is 21.7 Å². The fourth-order valence-electron chi connectivity index (χ4n) is 3.69. The average Bonchev–Trinajstić information content (AvgIpc) is 3.06. The second-order valence-electron chi connectivity index (χ2n) is 7.08. The van der Waals surface area contributed by atoms with Crippen molar-refractivity contribution in [1.29, 1.82) is 0 Å². The van der Waals surface area contributed by atoms with Crippen molar-refractivity contribution in [2.75, 3.05) is 13.1 Å². The van der Waals surface area contributed by atoms with Crippen LogP contribution in [-0.2, 0) is 13.0 Å². The lowest BCUT2D eigenvalue weighted by molar-refractivity contribution is 0.0949. The summed E-state index contributed by atoms with van der Waals surface area (Å²) in [6.07, 6.45) is 3.24. The topological polar surface area (TPSA) is 87.1 Å². The molecule has 0 spiro atoms. The van der Waals surface area contributed by atoms with Gasteiger partial charge in [-0.15, -0.1) is 0 Å². The zero-order chi connectivity index (χ0) is 18.6. The maximum atomic E-state index is 12.7. The van der Waals surface area contributed by atoms with Crippen molar-refractivity contribution in [2.24, 2.45) is 5.92 Å². The number of benzene rings is 2. The number of amides is 1. The third kappa shape index (κ3) is 4.11. The van der Waals surface area contributed by atoms with Crippen molar-refractivity contribution in [3.8, 4) is 0 Å². The van der Waals surface area contributed by atoms with Gasteiger partial charge in [-0.3, -0.25) is 9.78 Å². The molecule has 0 aliphatic carbocycles. The summed E-state index contributed by atoms with van der Waals surface area (Å²) in [5, 5.41) is 6.36. The van der Waals surface area contributed by atoms with E-state index in [0.717, 1.165) is 49.0 Å². The Labute approximate surface area is 157 Å². The number of rotatable bonds is 5. The van der Waals surface area contributed by atoms with Gasteiger partial charge in [-0.1, -0.05) is 24.3 Å². The Kier molecular flexibility index (Phi) is 5.07. The van der Waals surface area contributed by atoms with Gasteiger partial charge >= 0.3 is 5.76 Å². The van der Waals surface area contributed by atoms with E-state index in [1.54, 1.807) is 12.1 Å². The fourth-order valence-corrected chi connectivity index (χ4v) is 3.69. The lowest BCUT2D eigenvalue weighted by Gasteiger charge is -2.23. The van der Waals surface area contributed by atoms with Gasteiger partial charge in [-0.25, -0.2) is 4.79 Å². The van der Waals surface area contributed by atoms with Gasteiger partial charge in [-0.05, 0) is 67.6 Å². The molecule has 0 radical (unpaired) electrons. The first-order valence-electron chi connectivity index (χ1n) is 9.37. The molecule has 0 saturated carbocycles. The maximum Gasteiger partial charge on any atom is 0.417 e. The number of hydrogen-bond donors (Lipinski definition) is 3. The largest absolute Gasteiger partial charge is 0.417 e. The number of hydrogen-bond acceptors (Lipinski definition) is 4. The standard InChI is InChI=1S/C21H23N3O3/c25-20(23-13-15-5-6-18-19(12-15)27-21(26)24-18)17-4-2-1-3-16(17)11-14-7-9-22-10-8-14/h1-6,12,14,22H,7-11,13H2,(H,23,25)(H,24,26). The molecule has 6 nitrogen and oxygen atoms in total. The Bertz CT molecular complexity index is 999. The molecule has 0 bridgehead atoms. The van der Waals surface area contributed by atoms with Crippen LogP contribution in [0.3, 0.4) is 0 Å². The number of aromatic amines is 1. The van der Waals surface area contributed by atoms with Gasteiger partial charge in [0, 0.05) is 12.1 Å². The van der Waals surface area contributed by atoms with Gasteiger partial charge < -0.3 is 15.1 Å². The van der Waals surface area contributed by atoms with E-state index >= 15 is 0 Å². The van der Waals surface area contributed by atoms with Crippen LogP contribution in [0.25, 0.3) is 11.1 Å². The molecule has 1 aliphatic rings. The Morgan fingerprint density at radius 2 is 1.96 bits per heavy atom. The molecule has 1 aromatic heterocycles. The van der Waals surface area contributed by atoms with Crippen LogP contribution in [-0.4, -0.2) is 24.0 Å². The van der Waals surface area contributed by atoms with Gasteiger partial charge in [0.2, 0.25) is 0 Å². The molecular weight excluding hydrogens is 342 g/mol. The van der Waals surface area contributed by atoms with E-state index in [9.17, 15) is 9.59 Å². The zero-order valence-corrected chi connectivity index (χ0v) is 15.1. The minimum Gasteiger partial charge on any atom is -0.408 e. The summed E-state index contributed by atoms with van der Waals surface area (Å²) in [7, 11) is 0. The molecule has 6 heteroatoms. The van der Waals surface area contributed by atoms with E-state index in [4.69, 9.17) is 4.42 Å². The summed E-state index contributed by atoms with van der Waals surface area (Å²) in [6, 6.07) is 13.3. The molecule has 2 aromatic carbocycles. The van der Waals surface area contributed by atoms with Crippen molar-refractivity contribution in [3.05, 3.63) is 69.7 Å². The summed E-state index contributed by atoms with van der Waals surface area (Å²) in [5.41, 5.74) is 3.88. The highest BCUT2D eigenvalue weighted by Gasteiger charge is 2.17. The highest BCUT2D eigenvalue weighted by molar-refractivity contribution is 5.95. The van der Waals surface area contributed by atoms with Crippen molar-refractivity contribution in [1.82, 2.24) is 15.6 Å². The molecule has 1 saturated heterocycles. The summed E-state index contributed by atoms with van der Waals surface area (Å²) >= 11 is 0. The molecule has 2 heterocycles. The first-order chi connectivity index (χ1) is 13.2. The van der Waals surface area contributed by atoms with Crippen molar-refractivity contribution in [2.45, 2.75) is 25.8 Å². The van der Waals surface area contributed by atoms with E-state index in [0.29, 0.717) is 23.6 Å². The molecule has 3 N–H and O–H groups in total. The molecule has 1 aliphatic heterocycles. The smallest absolute Gasteiger partial charge is 0.408 e. The monoisotopic (exact) mass is 365 g/mol. The quantitative estimate of drug-likeness (QED) is 0.649. The van der Waals surface area contributed by atoms with Crippen molar-refractivity contribution >= 4 is 17.0 Å². The van der Waals surface area contributed by atoms with Crippen molar-refractivity contribution < 1.29 is 9.21 Å². The average molecular weight is 365 g/mol. The lowest BCUT2D eigenvalue weighted by atomic mass is 9.89. The van der Waals surface area contributed by atoms with Crippen molar-refractivity contribution in [3.63, 3.8) is 0 Å². The van der Waals surface area contributed by atoms with E-state index in [1.165, 1.54) is 0 Å². The number of carbonyl (C=O) groups is 1. The first kappa shape index (κ1) is 17.5. The first-order valence-corrected chi connectivity index (χ1v) is 9.37. The van der Waals surface area contributed by atoms with E-state index < -0.39 is 5.76 Å². The highest BCUT2D eigenvalue weighted by atomic mass is 16.4. The minimum atomic E-state index is -0.474. The van der Waals surface area contributed by atoms with Crippen LogP contribution in [0, 0.1) is 5.92 Å². The number of piperidine rings is 1. The van der Waals surface area contributed by atoms with Gasteiger partial charge in [-0.2, -0.15) is 0 Å². The number of aromatic nitrogens is 1. The summed E-state index contributed by atoms with van der Waals surface area (Å²) < 4.78 is 5.07. The number of oxazole rings is 1. The van der Waals surface area contributed by atoms with Crippen LogP contribution in [0.4, 0.5) is 0 Å². The Morgan fingerprint density at radius 1 is 1.15 bits per heavy atom. The third-order valence-corrected chi connectivity index (χ3v) is 5.17. The molecule has 1 amide bonds. The second kappa shape index (κ2) is 7.80. The predicted molar refractivity (Wildman–Crippen MR) is 104 cm³/mol. The number of fused-ring (bicyclic) bond motifs is 1. The second-order valence-corrected chi connectivity index (χ2v) is 7.08. The maximum absolute atomic E-state index is 12.7. The van der Waals surface area contributed by atoms with Crippen LogP contribution < -0.4 is 16.4 Å². The van der Waals surface area contributed by atoms with Gasteiger partial charge in [0.05, 0.1) is 5.52 Å². The Morgan fingerprint density at radius 3 is 2.81 bits per heavy atom. The fraction of sp³-hybridized carbons (Fsp3) is 0.333. The summed E-state index contributed by atoms with van der Waals surface area (Å²) in [6.45, 7) is 2.49. The minimum absolute atomic E-state index is 0.0739. The predicted octanol–water partition coefficient (Wildman–Crippen LogP) is 2.59. The number of carbonyl (C=O) groups excluding carboxylic acids is 1. The number of nitrogens with one attached hydrogen (secondary N) is 3. The van der Waals surface area contributed by atoms with Gasteiger partial charge in [0.1, 0.15) is 0 Å². The molecule has 3 aromatic rings. The van der Waals surface area contributed by atoms with Crippen LogP contribution in [0.1, 0.15) is 34.3 Å². The molecular formula is C21H23N3O3. The lowest BCUT2D eigenvalue weighted by Crippen LogP contribution is -2.29. The normalized spacial score (nSPS) is 15.1. The van der Waals surface area contributed by atoms with Crippen LogP contribution >= 0.6 is 0 Å². The molecule has 1 fully saturated rings. The molecule has 27 heavy (non-hydrogen) atoms. The van der Waals surface area contributed by atoms with E-state index in [-0.39, 0.29) is 5.91 Å². The van der Waals surface area contributed by atoms with Crippen LogP contribution in [0.2, 0.25) is 0 Å². The molecule has 4 rings (SSSR count). The molecule has 0 atom stereocenters. The van der Waals surface area contributed by atoms with Crippen LogP contribution in [0.15, 0.2) is 51.7 Å². The SMILES string of the molecule is O=C(NCc1ccc2[nH]c(=O)oc2c1)c1ccccc1CC1CCNCC1. The zero-order valence-electron chi connectivity index (χ0n) is 15.1. The summed E-state index contributed by atoms with van der Waals surface area (Å²) in [4.78, 5) is 26.6. The summed E-state index contributed by atoms with van der Waals surface area (Å²) in [5.74, 6) is 0.0762. The highest BCUT2D eigenvalue weighted by Crippen LogP contribution is 2.21. The van der Waals surface area contributed by atoms with Gasteiger partial charge in [0.25, 0.3) is 5.91 Å². The Balaban J connectivity index is 1.44. The number of H-pyrrole nitrogens is 1. The Hall–Kier alpha value is -2.86.